The van der Waals surface area contributed by atoms with Gasteiger partial charge in [-0.05, 0) is 12.5 Å². The molecule has 0 aliphatic rings. The predicted molar refractivity (Wildman–Crippen MR) is 58.1 cm³/mol. The lowest BCUT2D eigenvalue weighted by Crippen LogP contribution is -2.03. The Hall–Kier alpha value is -1.23. The van der Waals surface area contributed by atoms with Crippen LogP contribution in [0.25, 0.3) is 5.65 Å². The molecule has 16 heavy (non-hydrogen) atoms. The van der Waals surface area contributed by atoms with Gasteiger partial charge in [0.05, 0.1) is 18.1 Å². The van der Waals surface area contributed by atoms with Gasteiger partial charge in [-0.25, -0.2) is 9.50 Å². The molecule has 0 bridgehead atoms. The zero-order chi connectivity index (χ0) is 11.8. The number of hydrogen-bond acceptors (Lipinski definition) is 3. The molecule has 0 aromatic carbocycles. The number of nitrogens with zero attached hydrogens (tertiary/aromatic N) is 3. The Morgan fingerprint density at radius 3 is 2.88 bits per heavy atom. The Balaban J connectivity index is 2.57. The monoisotopic (exact) mass is 241 g/mol. The third-order valence-electron chi connectivity index (χ3n) is 2.22. The van der Waals surface area contributed by atoms with Crippen molar-refractivity contribution in [2.24, 2.45) is 0 Å². The summed E-state index contributed by atoms with van der Waals surface area (Å²) in [5.41, 5.74) is 1.90. The molecule has 2 N–H and O–H groups in total. The first-order chi connectivity index (χ1) is 7.49. The lowest BCUT2D eigenvalue weighted by molar-refractivity contribution is 0.370. The van der Waals surface area contributed by atoms with Gasteiger partial charge in [0.25, 0.3) is 0 Å². The summed E-state index contributed by atoms with van der Waals surface area (Å²) in [6.45, 7) is 1.94. The van der Waals surface area contributed by atoms with E-state index in [2.05, 4.69) is 10.1 Å². The van der Waals surface area contributed by atoms with Crippen LogP contribution in [0.15, 0.2) is 18.3 Å². The molecule has 0 unspecified atom stereocenters. The van der Waals surface area contributed by atoms with Crippen LogP contribution in [-0.2, 0) is 17.1 Å². The zero-order valence-corrected chi connectivity index (χ0v) is 9.63. The molecule has 0 atom stereocenters. The number of aryl methyl sites for hydroxylation is 1. The van der Waals surface area contributed by atoms with Gasteiger partial charge in [-0.3, -0.25) is 4.57 Å². The SMILES string of the molecule is CCc1cc(CP(=O)(O)O)n2nccc2n1. The Kier molecular flexibility index (Phi) is 2.80. The normalized spacial score (nSPS) is 12.2. The quantitative estimate of drug-likeness (QED) is 0.782. The minimum absolute atomic E-state index is 0.319. The number of aromatic nitrogens is 3. The summed E-state index contributed by atoms with van der Waals surface area (Å²) in [6, 6.07) is 3.39. The molecular weight excluding hydrogens is 229 g/mol. The maximum absolute atomic E-state index is 11.0. The molecular formula is C9H12N3O3P. The summed E-state index contributed by atoms with van der Waals surface area (Å²) in [5, 5.41) is 3.99. The molecule has 86 valence electrons. The maximum atomic E-state index is 11.0. The van der Waals surface area contributed by atoms with Crippen LogP contribution in [0.4, 0.5) is 0 Å². The molecule has 2 aromatic heterocycles. The third-order valence-corrected chi connectivity index (χ3v) is 2.95. The molecule has 0 saturated carbocycles. The first kappa shape index (κ1) is 11.3. The van der Waals surface area contributed by atoms with E-state index in [1.807, 2.05) is 6.92 Å². The Bertz CT molecular complexity index is 560. The van der Waals surface area contributed by atoms with Crippen LogP contribution in [0.5, 0.6) is 0 Å². The first-order valence-electron chi connectivity index (χ1n) is 4.87. The van der Waals surface area contributed by atoms with Crippen molar-refractivity contribution in [2.45, 2.75) is 19.5 Å². The van der Waals surface area contributed by atoms with Crippen LogP contribution in [0.2, 0.25) is 0 Å². The van der Waals surface area contributed by atoms with E-state index in [1.165, 1.54) is 4.52 Å². The van der Waals surface area contributed by atoms with Crippen molar-refractivity contribution in [3.63, 3.8) is 0 Å². The minimum atomic E-state index is -4.09. The summed E-state index contributed by atoms with van der Waals surface area (Å²) in [7, 11) is -4.09. The van der Waals surface area contributed by atoms with E-state index < -0.39 is 7.60 Å². The highest BCUT2D eigenvalue weighted by atomic mass is 31.2. The van der Waals surface area contributed by atoms with E-state index in [0.29, 0.717) is 11.3 Å². The smallest absolute Gasteiger partial charge is 0.324 e. The number of fused-ring (bicyclic) bond motifs is 1. The zero-order valence-electron chi connectivity index (χ0n) is 8.74. The summed E-state index contributed by atoms with van der Waals surface area (Å²) in [4.78, 5) is 22.3. The average molecular weight is 241 g/mol. The Morgan fingerprint density at radius 2 is 2.25 bits per heavy atom. The fourth-order valence-corrected chi connectivity index (χ4v) is 2.19. The highest BCUT2D eigenvalue weighted by Gasteiger charge is 2.17. The molecule has 7 heteroatoms. The molecule has 0 aliphatic heterocycles. The first-order valence-corrected chi connectivity index (χ1v) is 6.66. The number of hydrogen-bond donors (Lipinski definition) is 2. The summed E-state index contributed by atoms with van der Waals surface area (Å²) in [6.07, 6.45) is 1.96. The second kappa shape index (κ2) is 3.97. The van der Waals surface area contributed by atoms with Crippen molar-refractivity contribution in [1.82, 2.24) is 14.6 Å². The van der Waals surface area contributed by atoms with Crippen molar-refractivity contribution < 1.29 is 14.4 Å². The van der Waals surface area contributed by atoms with Crippen molar-refractivity contribution in [3.8, 4) is 0 Å². The summed E-state index contributed by atoms with van der Waals surface area (Å²) >= 11 is 0. The molecule has 0 spiro atoms. The van der Waals surface area contributed by atoms with Crippen molar-refractivity contribution in [2.75, 3.05) is 0 Å². The fraction of sp³-hybridized carbons (Fsp3) is 0.333. The van der Waals surface area contributed by atoms with Crippen LogP contribution in [0.1, 0.15) is 18.3 Å². The van der Waals surface area contributed by atoms with Gasteiger partial charge in [0.15, 0.2) is 5.65 Å². The van der Waals surface area contributed by atoms with Gasteiger partial charge in [0.1, 0.15) is 0 Å². The van der Waals surface area contributed by atoms with E-state index in [-0.39, 0.29) is 6.16 Å². The third kappa shape index (κ3) is 2.29. The van der Waals surface area contributed by atoms with Gasteiger partial charge >= 0.3 is 7.60 Å². The van der Waals surface area contributed by atoms with Crippen LogP contribution in [0, 0.1) is 0 Å². The molecule has 0 aliphatic carbocycles. The molecule has 0 radical (unpaired) electrons. The van der Waals surface area contributed by atoms with Crippen LogP contribution in [-0.4, -0.2) is 24.4 Å². The van der Waals surface area contributed by atoms with E-state index >= 15 is 0 Å². The van der Waals surface area contributed by atoms with E-state index in [4.69, 9.17) is 9.79 Å². The van der Waals surface area contributed by atoms with Crippen LogP contribution in [0.3, 0.4) is 0 Å². The van der Waals surface area contributed by atoms with Gasteiger partial charge in [0.2, 0.25) is 0 Å². The van der Waals surface area contributed by atoms with Gasteiger partial charge in [-0.2, -0.15) is 5.10 Å². The van der Waals surface area contributed by atoms with Crippen LogP contribution < -0.4 is 0 Å². The van der Waals surface area contributed by atoms with Crippen molar-refractivity contribution in [3.05, 3.63) is 29.7 Å². The van der Waals surface area contributed by atoms with Crippen molar-refractivity contribution in [1.29, 1.82) is 0 Å². The van der Waals surface area contributed by atoms with E-state index in [0.717, 1.165) is 12.1 Å². The molecule has 6 nitrogen and oxygen atoms in total. The summed E-state index contributed by atoms with van der Waals surface area (Å²) in [5.74, 6) is 0. The second-order valence-electron chi connectivity index (χ2n) is 3.52. The van der Waals surface area contributed by atoms with Gasteiger partial charge < -0.3 is 9.79 Å². The average Bonchev–Trinajstić information content (AvgIpc) is 2.63. The second-order valence-corrected chi connectivity index (χ2v) is 5.16. The van der Waals surface area contributed by atoms with E-state index in [9.17, 15) is 4.57 Å². The van der Waals surface area contributed by atoms with Gasteiger partial charge in [0, 0.05) is 11.8 Å². The lowest BCUT2D eigenvalue weighted by atomic mass is 10.3. The number of rotatable bonds is 3. The Morgan fingerprint density at radius 1 is 1.50 bits per heavy atom. The van der Waals surface area contributed by atoms with Gasteiger partial charge in [-0.1, -0.05) is 6.92 Å². The molecule has 0 amide bonds. The molecule has 0 fully saturated rings. The highest BCUT2D eigenvalue weighted by molar-refractivity contribution is 7.50. The largest absolute Gasteiger partial charge is 0.331 e. The standard InChI is InChI=1S/C9H12N3O3P/c1-2-7-5-8(6-16(13,14)15)12-9(11-7)3-4-10-12/h3-5H,2,6H2,1H3,(H2,13,14,15). The maximum Gasteiger partial charge on any atom is 0.331 e. The van der Waals surface area contributed by atoms with Crippen molar-refractivity contribution >= 4 is 13.2 Å². The fourth-order valence-electron chi connectivity index (χ4n) is 1.54. The lowest BCUT2D eigenvalue weighted by Gasteiger charge is -2.08. The Labute approximate surface area is 92.1 Å². The molecule has 2 rings (SSSR count). The topological polar surface area (TPSA) is 87.7 Å². The molecule has 2 heterocycles. The van der Waals surface area contributed by atoms with E-state index in [1.54, 1.807) is 18.3 Å². The molecule has 2 aromatic rings. The predicted octanol–water partition coefficient (Wildman–Crippen LogP) is 0.969. The summed E-state index contributed by atoms with van der Waals surface area (Å²) < 4.78 is 12.5. The van der Waals surface area contributed by atoms with Crippen LogP contribution >= 0.6 is 7.60 Å². The molecule has 0 saturated heterocycles. The van der Waals surface area contributed by atoms with Gasteiger partial charge in [-0.15, -0.1) is 0 Å². The minimum Gasteiger partial charge on any atom is -0.324 e. The highest BCUT2D eigenvalue weighted by Crippen LogP contribution is 2.38.